The van der Waals surface area contributed by atoms with Crippen molar-refractivity contribution in [1.29, 1.82) is 0 Å². The van der Waals surface area contributed by atoms with Crippen molar-refractivity contribution in [2.75, 3.05) is 5.32 Å². The maximum atomic E-state index is 12.6. The highest BCUT2D eigenvalue weighted by molar-refractivity contribution is 6.40. The van der Waals surface area contributed by atoms with Crippen LogP contribution in [-0.4, -0.2) is 15.5 Å². The van der Waals surface area contributed by atoms with Crippen LogP contribution in [0.25, 0.3) is 10.9 Å². The van der Waals surface area contributed by atoms with Gasteiger partial charge in [-0.05, 0) is 37.6 Å². The topological polar surface area (TPSA) is 64.0 Å². The third kappa shape index (κ3) is 3.38. The molecule has 25 heavy (non-hydrogen) atoms. The van der Waals surface area contributed by atoms with Gasteiger partial charge in [-0.25, -0.2) is 4.98 Å². The van der Waals surface area contributed by atoms with Crippen LogP contribution >= 0.6 is 23.2 Å². The van der Waals surface area contributed by atoms with Crippen molar-refractivity contribution >= 4 is 45.7 Å². The molecule has 5 nitrogen and oxygen atoms in total. The Balaban J connectivity index is 1.93. The zero-order valence-electron chi connectivity index (χ0n) is 13.6. The van der Waals surface area contributed by atoms with Gasteiger partial charge in [0.1, 0.15) is 12.4 Å². The summed E-state index contributed by atoms with van der Waals surface area (Å²) in [5, 5.41) is 3.86. The molecular formula is C18H15Cl2N3O2. The second-order valence-electron chi connectivity index (χ2n) is 5.67. The van der Waals surface area contributed by atoms with E-state index in [1.807, 2.05) is 13.0 Å². The molecule has 0 radical (unpaired) electrons. The van der Waals surface area contributed by atoms with Gasteiger partial charge in [0.25, 0.3) is 5.56 Å². The number of aryl methyl sites for hydroxylation is 2. The Labute approximate surface area is 154 Å². The number of amides is 1. The van der Waals surface area contributed by atoms with Gasteiger partial charge in [-0.15, -0.1) is 0 Å². The summed E-state index contributed by atoms with van der Waals surface area (Å²) in [6.45, 7) is 3.33. The fraction of sp³-hybridized carbons (Fsp3) is 0.167. The molecule has 3 aromatic rings. The maximum Gasteiger partial charge on any atom is 0.261 e. The minimum atomic E-state index is -0.406. The number of hydrogen-bond acceptors (Lipinski definition) is 3. The summed E-state index contributed by atoms with van der Waals surface area (Å²) < 4.78 is 1.33. The summed E-state index contributed by atoms with van der Waals surface area (Å²) >= 11 is 12.3. The molecule has 1 N–H and O–H groups in total. The van der Waals surface area contributed by atoms with E-state index in [0.717, 1.165) is 5.56 Å². The second-order valence-corrected chi connectivity index (χ2v) is 6.45. The van der Waals surface area contributed by atoms with E-state index in [9.17, 15) is 9.59 Å². The summed E-state index contributed by atoms with van der Waals surface area (Å²) in [5.74, 6) is 0.0527. The molecular weight excluding hydrogens is 361 g/mol. The molecule has 0 bridgehead atoms. The third-order valence-corrected chi connectivity index (χ3v) is 4.70. The van der Waals surface area contributed by atoms with Crippen LogP contribution in [0.1, 0.15) is 11.4 Å². The van der Waals surface area contributed by atoms with Gasteiger partial charge >= 0.3 is 0 Å². The molecule has 0 fully saturated rings. The van der Waals surface area contributed by atoms with Crippen LogP contribution in [0.3, 0.4) is 0 Å². The number of rotatable bonds is 3. The lowest BCUT2D eigenvalue weighted by Crippen LogP contribution is -2.30. The van der Waals surface area contributed by atoms with Crippen molar-refractivity contribution in [3.63, 3.8) is 0 Å². The average Bonchev–Trinajstić information content (AvgIpc) is 2.59. The van der Waals surface area contributed by atoms with Gasteiger partial charge < -0.3 is 5.32 Å². The standard InChI is InChI=1S/C18H15Cl2N3O2/c1-10-7-8-13(19)17(16(10)20)22-15(24)9-23-11(2)21-14-6-4-3-5-12(14)18(23)25/h3-8H,9H2,1-2H3,(H,22,24). The van der Waals surface area contributed by atoms with E-state index in [4.69, 9.17) is 23.2 Å². The Morgan fingerprint density at radius 1 is 1.16 bits per heavy atom. The number of nitrogens with zero attached hydrogens (tertiary/aromatic N) is 2. The normalized spacial score (nSPS) is 10.9. The Kier molecular flexibility index (Phi) is 4.79. The van der Waals surface area contributed by atoms with Gasteiger partial charge in [0.05, 0.1) is 26.6 Å². The molecule has 2 aromatic carbocycles. The van der Waals surface area contributed by atoms with Crippen LogP contribution in [0.4, 0.5) is 5.69 Å². The smallest absolute Gasteiger partial charge is 0.261 e. The quantitative estimate of drug-likeness (QED) is 0.753. The van der Waals surface area contributed by atoms with Crippen LogP contribution < -0.4 is 10.9 Å². The van der Waals surface area contributed by atoms with Crippen molar-refractivity contribution in [2.45, 2.75) is 20.4 Å². The van der Waals surface area contributed by atoms with Crippen molar-refractivity contribution in [3.05, 3.63) is 68.2 Å². The van der Waals surface area contributed by atoms with Gasteiger partial charge in [0.2, 0.25) is 5.91 Å². The molecule has 3 rings (SSSR count). The van der Waals surface area contributed by atoms with Crippen LogP contribution in [0.5, 0.6) is 0 Å². The van der Waals surface area contributed by atoms with Crippen molar-refractivity contribution in [3.8, 4) is 0 Å². The number of carbonyl (C=O) groups excluding carboxylic acids is 1. The van der Waals surface area contributed by atoms with E-state index < -0.39 is 5.91 Å². The number of aromatic nitrogens is 2. The maximum absolute atomic E-state index is 12.6. The molecule has 0 aliphatic carbocycles. The first-order valence-corrected chi connectivity index (χ1v) is 8.34. The van der Waals surface area contributed by atoms with E-state index in [1.54, 1.807) is 37.3 Å². The molecule has 0 aliphatic heterocycles. The predicted molar refractivity (Wildman–Crippen MR) is 101 cm³/mol. The minimum absolute atomic E-state index is 0.177. The number of anilines is 1. The number of hydrogen-bond donors (Lipinski definition) is 1. The van der Waals surface area contributed by atoms with Gasteiger partial charge in [-0.3, -0.25) is 14.2 Å². The fourth-order valence-electron chi connectivity index (χ4n) is 2.56. The highest BCUT2D eigenvalue weighted by atomic mass is 35.5. The third-order valence-electron chi connectivity index (χ3n) is 3.90. The van der Waals surface area contributed by atoms with Gasteiger partial charge in [-0.2, -0.15) is 0 Å². The SMILES string of the molecule is Cc1ccc(Cl)c(NC(=O)Cn2c(C)nc3ccccc3c2=O)c1Cl. The van der Waals surface area contributed by atoms with Gasteiger partial charge in [-0.1, -0.05) is 41.4 Å². The predicted octanol–water partition coefficient (Wildman–Crippen LogP) is 3.96. The summed E-state index contributed by atoms with van der Waals surface area (Å²) in [5.41, 5.74) is 1.47. The molecule has 0 saturated heterocycles. The second kappa shape index (κ2) is 6.86. The fourth-order valence-corrected chi connectivity index (χ4v) is 3.02. The first-order valence-electron chi connectivity index (χ1n) is 7.59. The molecule has 128 valence electrons. The summed E-state index contributed by atoms with van der Waals surface area (Å²) in [6.07, 6.45) is 0. The molecule has 0 atom stereocenters. The number of carbonyl (C=O) groups is 1. The van der Waals surface area contributed by atoms with E-state index in [2.05, 4.69) is 10.3 Å². The highest BCUT2D eigenvalue weighted by Crippen LogP contribution is 2.32. The Hall–Kier alpha value is -2.37. The van der Waals surface area contributed by atoms with Crippen LogP contribution in [0, 0.1) is 13.8 Å². The molecule has 0 aliphatic rings. The first kappa shape index (κ1) is 17.5. The Morgan fingerprint density at radius 2 is 1.88 bits per heavy atom. The lowest BCUT2D eigenvalue weighted by Gasteiger charge is -2.13. The summed E-state index contributed by atoms with van der Waals surface area (Å²) in [4.78, 5) is 29.4. The van der Waals surface area contributed by atoms with Crippen molar-refractivity contribution in [1.82, 2.24) is 9.55 Å². The molecule has 0 unspecified atom stereocenters. The molecule has 0 saturated carbocycles. The van der Waals surface area contributed by atoms with Crippen LogP contribution in [-0.2, 0) is 11.3 Å². The molecule has 0 spiro atoms. The summed E-state index contributed by atoms with van der Waals surface area (Å²) in [6, 6.07) is 10.5. The van der Waals surface area contributed by atoms with E-state index >= 15 is 0 Å². The first-order chi connectivity index (χ1) is 11.9. The van der Waals surface area contributed by atoms with E-state index in [-0.39, 0.29) is 12.1 Å². The molecule has 1 amide bonds. The monoisotopic (exact) mass is 375 g/mol. The van der Waals surface area contributed by atoms with Gasteiger partial charge in [0, 0.05) is 0 Å². The average molecular weight is 376 g/mol. The zero-order chi connectivity index (χ0) is 18.1. The number of halogens is 2. The van der Waals surface area contributed by atoms with Crippen LogP contribution in [0.2, 0.25) is 10.0 Å². The number of para-hydroxylation sites is 1. The Morgan fingerprint density at radius 3 is 2.64 bits per heavy atom. The van der Waals surface area contributed by atoms with E-state index in [0.29, 0.717) is 32.5 Å². The number of fused-ring (bicyclic) bond motifs is 1. The minimum Gasteiger partial charge on any atom is -0.322 e. The number of benzene rings is 2. The Bertz CT molecular complexity index is 1040. The molecule has 1 aromatic heterocycles. The highest BCUT2D eigenvalue weighted by Gasteiger charge is 2.15. The van der Waals surface area contributed by atoms with Gasteiger partial charge in [0.15, 0.2) is 0 Å². The van der Waals surface area contributed by atoms with Crippen molar-refractivity contribution < 1.29 is 4.79 Å². The number of nitrogens with one attached hydrogen (secondary N) is 1. The largest absolute Gasteiger partial charge is 0.322 e. The van der Waals surface area contributed by atoms with Crippen molar-refractivity contribution in [2.24, 2.45) is 0 Å². The van der Waals surface area contributed by atoms with E-state index in [1.165, 1.54) is 4.57 Å². The van der Waals surface area contributed by atoms with Crippen LogP contribution in [0.15, 0.2) is 41.2 Å². The zero-order valence-corrected chi connectivity index (χ0v) is 15.1. The summed E-state index contributed by atoms with van der Waals surface area (Å²) in [7, 11) is 0. The molecule has 7 heteroatoms. The lowest BCUT2D eigenvalue weighted by molar-refractivity contribution is -0.116. The molecule has 1 heterocycles. The lowest BCUT2D eigenvalue weighted by atomic mass is 10.2.